The SMILES string of the molecule is C=CCc1ccc(NS(=C)(=C)c2ccc3ccccc3c2)cc1. The normalized spacial score (nSPS) is 11.3. The molecule has 0 unspecified atom stereocenters. The van der Waals surface area contributed by atoms with Crippen LogP contribution in [0, 0.1) is 0 Å². The summed E-state index contributed by atoms with van der Waals surface area (Å²) in [6.07, 6.45) is 2.80. The molecule has 0 heterocycles. The van der Waals surface area contributed by atoms with Crippen molar-refractivity contribution in [3.05, 3.63) is 84.9 Å². The van der Waals surface area contributed by atoms with Crippen LogP contribution in [0.15, 0.2) is 84.3 Å². The number of nitrogens with one attached hydrogen (secondary N) is 1. The van der Waals surface area contributed by atoms with E-state index in [0.29, 0.717) is 0 Å². The second kappa shape index (κ2) is 6.35. The molecule has 3 rings (SSSR count). The summed E-state index contributed by atoms with van der Waals surface area (Å²) in [5, 5.41) is 2.46. The molecule has 0 aliphatic rings. The minimum atomic E-state index is -1.60. The van der Waals surface area contributed by atoms with Gasteiger partial charge < -0.3 is 4.72 Å². The third kappa shape index (κ3) is 3.49. The van der Waals surface area contributed by atoms with Gasteiger partial charge in [-0.05, 0) is 47.0 Å². The van der Waals surface area contributed by atoms with Crippen molar-refractivity contribution in [3.63, 3.8) is 0 Å². The van der Waals surface area contributed by atoms with Crippen molar-refractivity contribution >= 4 is 37.6 Å². The van der Waals surface area contributed by atoms with Crippen LogP contribution in [-0.4, -0.2) is 11.7 Å². The van der Waals surface area contributed by atoms with E-state index in [9.17, 15) is 0 Å². The molecular formula is C21H21NS. The van der Waals surface area contributed by atoms with Crippen molar-refractivity contribution in [1.29, 1.82) is 0 Å². The molecule has 0 fully saturated rings. The summed E-state index contributed by atoms with van der Waals surface area (Å²) in [7, 11) is -1.60. The lowest BCUT2D eigenvalue weighted by atomic mass is 10.1. The van der Waals surface area contributed by atoms with Crippen LogP contribution in [0.5, 0.6) is 0 Å². The molecule has 0 saturated carbocycles. The molecule has 3 aromatic carbocycles. The van der Waals surface area contributed by atoms with Crippen molar-refractivity contribution in [2.75, 3.05) is 4.72 Å². The summed E-state index contributed by atoms with van der Waals surface area (Å²) in [6, 6.07) is 23.2. The monoisotopic (exact) mass is 319 g/mol. The molecule has 1 nitrogen and oxygen atoms in total. The van der Waals surface area contributed by atoms with Crippen LogP contribution in [0.2, 0.25) is 0 Å². The minimum Gasteiger partial charge on any atom is -0.338 e. The molecule has 3 aromatic rings. The average molecular weight is 319 g/mol. The van der Waals surface area contributed by atoms with Crippen LogP contribution in [0.25, 0.3) is 10.8 Å². The standard InChI is InChI=1S/C21H21NS/c1-4-7-17-10-13-20(14-11-17)22-23(2,3)21-15-12-18-8-5-6-9-19(18)16-21/h4-6,8-16,22H,1-3,7H2. The van der Waals surface area contributed by atoms with Gasteiger partial charge in [0.25, 0.3) is 0 Å². The van der Waals surface area contributed by atoms with Crippen LogP contribution in [-0.2, 0) is 6.42 Å². The fraction of sp³-hybridized carbons (Fsp3) is 0.0476. The Morgan fingerprint density at radius 3 is 2.26 bits per heavy atom. The zero-order chi connectivity index (χ0) is 16.3. The topological polar surface area (TPSA) is 12.0 Å². The summed E-state index contributed by atoms with van der Waals surface area (Å²) in [4.78, 5) is 1.14. The first-order valence-corrected chi connectivity index (χ1v) is 9.51. The first-order valence-electron chi connectivity index (χ1n) is 7.54. The second-order valence-corrected chi connectivity index (χ2v) is 8.13. The van der Waals surface area contributed by atoms with E-state index < -0.39 is 9.39 Å². The van der Waals surface area contributed by atoms with Gasteiger partial charge in [-0.15, -0.1) is 16.0 Å². The second-order valence-electron chi connectivity index (χ2n) is 5.68. The summed E-state index contributed by atoms with van der Waals surface area (Å²) in [5.74, 6) is 8.69. The lowest BCUT2D eigenvalue weighted by Gasteiger charge is -2.19. The van der Waals surface area contributed by atoms with Gasteiger partial charge in [-0.3, -0.25) is 0 Å². The highest BCUT2D eigenvalue weighted by Gasteiger charge is 2.04. The predicted octanol–water partition coefficient (Wildman–Crippen LogP) is 5.62. The Morgan fingerprint density at radius 1 is 0.870 bits per heavy atom. The lowest BCUT2D eigenvalue weighted by Crippen LogP contribution is -1.96. The molecule has 0 saturated heterocycles. The van der Waals surface area contributed by atoms with Crippen molar-refractivity contribution < 1.29 is 0 Å². The number of hydrogen-bond donors (Lipinski definition) is 1. The molecule has 23 heavy (non-hydrogen) atoms. The zero-order valence-electron chi connectivity index (χ0n) is 13.2. The molecular weight excluding hydrogens is 298 g/mol. The summed E-state index contributed by atoms with van der Waals surface area (Å²) in [6.45, 7) is 3.77. The van der Waals surface area contributed by atoms with Gasteiger partial charge in [-0.25, -0.2) is 0 Å². The smallest absolute Gasteiger partial charge is 0.0434 e. The number of benzene rings is 3. The van der Waals surface area contributed by atoms with Crippen LogP contribution in [0.3, 0.4) is 0 Å². The molecule has 0 aromatic heterocycles. The third-order valence-corrected chi connectivity index (χ3v) is 5.60. The van der Waals surface area contributed by atoms with Crippen molar-refractivity contribution in [1.82, 2.24) is 0 Å². The van der Waals surface area contributed by atoms with E-state index in [1.54, 1.807) is 0 Å². The Hall–Kier alpha value is -2.45. The Morgan fingerprint density at radius 2 is 1.57 bits per heavy atom. The van der Waals surface area contributed by atoms with E-state index in [2.05, 4.69) is 89.8 Å². The summed E-state index contributed by atoms with van der Waals surface area (Å²) >= 11 is 0. The lowest BCUT2D eigenvalue weighted by molar-refractivity contribution is 1.28. The highest BCUT2D eigenvalue weighted by Crippen LogP contribution is 2.34. The number of rotatable bonds is 5. The Kier molecular flexibility index (Phi) is 4.26. The van der Waals surface area contributed by atoms with E-state index in [-0.39, 0.29) is 0 Å². The molecule has 0 atom stereocenters. The third-order valence-electron chi connectivity index (χ3n) is 3.82. The predicted molar refractivity (Wildman–Crippen MR) is 108 cm³/mol. The van der Waals surface area contributed by atoms with Gasteiger partial charge in [0.15, 0.2) is 0 Å². The van der Waals surface area contributed by atoms with Gasteiger partial charge in [0.05, 0.1) is 0 Å². The van der Waals surface area contributed by atoms with Crippen molar-refractivity contribution in [3.8, 4) is 0 Å². The van der Waals surface area contributed by atoms with Crippen LogP contribution >= 0.6 is 9.39 Å². The molecule has 0 aliphatic heterocycles. The quantitative estimate of drug-likeness (QED) is 0.475. The molecule has 2 heteroatoms. The van der Waals surface area contributed by atoms with Gasteiger partial charge in [-0.2, -0.15) is 0 Å². The molecule has 116 valence electrons. The van der Waals surface area contributed by atoms with E-state index in [1.807, 2.05) is 6.08 Å². The van der Waals surface area contributed by atoms with Crippen molar-refractivity contribution in [2.45, 2.75) is 11.3 Å². The van der Waals surface area contributed by atoms with E-state index in [0.717, 1.165) is 17.0 Å². The zero-order valence-corrected chi connectivity index (χ0v) is 14.0. The van der Waals surface area contributed by atoms with Crippen LogP contribution < -0.4 is 4.72 Å². The van der Waals surface area contributed by atoms with Gasteiger partial charge in [0.1, 0.15) is 0 Å². The minimum absolute atomic E-state index is 0.887. The highest BCUT2D eigenvalue weighted by atomic mass is 32.2. The maximum absolute atomic E-state index is 4.35. The van der Waals surface area contributed by atoms with Gasteiger partial charge in [0.2, 0.25) is 0 Å². The first kappa shape index (κ1) is 15.4. The largest absolute Gasteiger partial charge is 0.338 e. The fourth-order valence-electron chi connectivity index (χ4n) is 2.57. The Labute approximate surface area is 138 Å². The molecule has 0 radical (unpaired) electrons. The highest BCUT2D eigenvalue weighted by molar-refractivity contribution is 8.28. The number of allylic oxidation sites excluding steroid dienone is 1. The number of fused-ring (bicyclic) bond motifs is 1. The maximum Gasteiger partial charge on any atom is 0.0434 e. The first-order chi connectivity index (χ1) is 11.1. The van der Waals surface area contributed by atoms with E-state index >= 15 is 0 Å². The Bertz CT molecular complexity index is 935. The van der Waals surface area contributed by atoms with Gasteiger partial charge >= 0.3 is 0 Å². The number of hydrogen-bond acceptors (Lipinski definition) is 1. The summed E-state index contributed by atoms with van der Waals surface area (Å²) < 4.78 is 3.50. The van der Waals surface area contributed by atoms with Gasteiger partial charge in [-0.1, -0.05) is 60.3 Å². The van der Waals surface area contributed by atoms with E-state index in [1.165, 1.54) is 16.3 Å². The van der Waals surface area contributed by atoms with Crippen molar-refractivity contribution in [2.24, 2.45) is 0 Å². The fourth-order valence-corrected chi connectivity index (χ4v) is 3.96. The van der Waals surface area contributed by atoms with Crippen LogP contribution in [0.4, 0.5) is 5.69 Å². The molecule has 0 aliphatic carbocycles. The number of anilines is 1. The van der Waals surface area contributed by atoms with Gasteiger partial charge in [0, 0.05) is 10.6 Å². The average Bonchev–Trinajstić information content (AvgIpc) is 2.56. The van der Waals surface area contributed by atoms with E-state index in [4.69, 9.17) is 0 Å². The molecule has 0 amide bonds. The molecule has 0 spiro atoms. The molecule has 1 N–H and O–H groups in total. The Balaban J connectivity index is 1.89. The van der Waals surface area contributed by atoms with Crippen LogP contribution in [0.1, 0.15) is 5.56 Å². The molecule has 0 bridgehead atoms. The maximum atomic E-state index is 4.35. The summed E-state index contributed by atoms with van der Waals surface area (Å²) in [5.41, 5.74) is 2.30.